The molecular formula is C19H21NS. The summed E-state index contributed by atoms with van der Waals surface area (Å²) >= 11 is 1.87. The second-order valence-corrected chi connectivity index (χ2v) is 6.71. The Morgan fingerprint density at radius 2 is 1.76 bits per heavy atom. The molecule has 0 amide bonds. The molecule has 1 heterocycles. The first kappa shape index (κ1) is 14.3. The van der Waals surface area contributed by atoms with Crippen LogP contribution in [0.3, 0.4) is 0 Å². The first-order valence-corrected chi connectivity index (χ1v) is 8.29. The van der Waals surface area contributed by atoms with Gasteiger partial charge in [-0.3, -0.25) is 0 Å². The summed E-state index contributed by atoms with van der Waals surface area (Å²) in [6.07, 6.45) is 1.15. The summed E-state index contributed by atoms with van der Waals surface area (Å²) in [4.78, 5) is 3.74. The molecule has 0 unspecified atom stereocenters. The zero-order chi connectivity index (χ0) is 14.7. The molecule has 108 valence electrons. The standard InChI is InChI=1S/C19H21NS/c1-20(2)13-12-18(19-11-6-14-21-19)17-10-5-8-15-7-3-4-9-16(15)17/h3-11,14,18H,12-13H2,1-2H3/t18-/m1/s1. The Morgan fingerprint density at radius 3 is 2.52 bits per heavy atom. The van der Waals surface area contributed by atoms with Crippen LogP contribution in [0, 0.1) is 0 Å². The van der Waals surface area contributed by atoms with Gasteiger partial charge < -0.3 is 4.90 Å². The van der Waals surface area contributed by atoms with E-state index in [1.807, 2.05) is 11.3 Å². The Labute approximate surface area is 130 Å². The summed E-state index contributed by atoms with van der Waals surface area (Å²) in [5.41, 5.74) is 1.46. The average molecular weight is 295 g/mol. The van der Waals surface area contributed by atoms with Crippen LogP contribution in [0.5, 0.6) is 0 Å². The van der Waals surface area contributed by atoms with Crippen molar-refractivity contribution in [2.45, 2.75) is 12.3 Å². The molecule has 0 aliphatic rings. The summed E-state index contributed by atoms with van der Waals surface area (Å²) in [5.74, 6) is 0.485. The van der Waals surface area contributed by atoms with Gasteiger partial charge in [-0.15, -0.1) is 11.3 Å². The van der Waals surface area contributed by atoms with E-state index in [2.05, 4.69) is 79.0 Å². The van der Waals surface area contributed by atoms with Crippen molar-refractivity contribution in [2.75, 3.05) is 20.6 Å². The molecule has 1 atom stereocenters. The summed E-state index contributed by atoms with van der Waals surface area (Å²) in [5, 5.41) is 4.90. The number of thiophene rings is 1. The molecule has 21 heavy (non-hydrogen) atoms. The van der Waals surface area contributed by atoms with E-state index in [4.69, 9.17) is 0 Å². The summed E-state index contributed by atoms with van der Waals surface area (Å²) < 4.78 is 0. The molecule has 0 aliphatic carbocycles. The molecule has 0 saturated heterocycles. The molecular weight excluding hydrogens is 274 g/mol. The van der Waals surface area contributed by atoms with Gasteiger partial charge in [-0.05, 0) is 54.8 Å². The predicted octanol–water partition coefficient (Wildman–Crippen LogP) is 4.98. The van der Waals surface area contributed by atoms with Gasteiger partial charge in [0.25, 0.3) is 0 Å². The third-order valence-electron chi connectivity index (χ3n) is 3.95. The van der Waals surface area contributed by atoms with Crippen molar-refractivity contribution < 1.29 is 0 Å². The summed E-state index contributed by atoms with van der Waals surface area (Å²) in [7, 11) is 4.29. The van der Waals surface area contributed by atoms with Gasteiger partial charge in [0.1, 0.15) is 0 Å². The normalized spacial score (nSPS) is 12.9. The lowest BCUT2D eigenvalue weighted by molar-refractivity contribution is 0.391. The fourth-order valence-electron chi connectivity index (χ4n) is 2.88. The highest BCUT2D eigenvalue weighted by molar-refractivity contribution is 7.10. The van der Waals surface area contributed by atoms with Crippen LogP contribution >= 0.6 is 11.3 Å². The molecule has 0 aliphatic heterocycles. The topological polar surface area (TPSA) is 3.24 Å². The van der Waals surface area contributed by atoms with Crippen LogP contribution in [0.15, 0.2) is 60.0 Å². The monoisotopic (exact) mass is 295 g/mol. The van der Waals surface area contributed by atoms with Crippen LogP contribution in [-0.2, 0) is 0 Å². The van der Waals surface area contributed by atoms with Crippen LogP contribution in [0.4, 0.5) is 0 Å². The number of rotatable bonds is 5. The Hall–Kier alpha value is -1.64. The minimum Gasteiger partial charge on any atom is -0.309 e. The van der Waals surface area contributed by atoms with E-state index in [1.54, 1.807) is 0 Å². The summed E-state index contributed by atoms with van der Waals surface area (Å²) in [6.45, 7) is 1.10. The lowest BCUT2D eigenvalue weighted by Crippen LogP contribution is -2.16. The van der Waals surface area contributed by atoms with Gasteiger partial charge in [0.15, 0.2) is 0 Å². The molecule has 3 aromatic rings. The smallest absolute Gasteiger partial charge is 0.0202 e. The molecule has 3 rings (SSSR count). The maximum Gasteiger partial charge on any atom is 0.0202 e. The van der Waals surface area contributed by atoms with Gasteiger partial charge in [0.05, 0.1) is 0 Å². The minimum absolute atomic E-state index is 0.485. The highest BCUT2D eigenvalue weighted by Gasteiger charge is 2.17. The first-order valence-electron chi connectivity index (χ1n) is 7.41. The van der Waals surface area contributed by atoms with Crippen molar-refractivity contribution in [1.82, 2.24) is 4.90 Å². The number of hydrogen-bond acceptors (Lipinski definition) is 2. The molecule has 0 fully saturated rings. The molecule has 0 spiro atoms. The Kier molecular flexibility index (Phi) is 4.37. The average Bonchev–Trinajstić information content (AvgIpc) is 3.01. The minimum atomic E-state index is 0.485. The van der Waals surface area contributed by atoms with Crippen molar-refractivity contribution in [3.63, 3.8) is 0 Å². The van der Waals surface area contributed by atoms with E-state index in [1.165, 1.54) is 21.2 Å². The fourth-order valence-corrected chi connectivity index (χ4v) is 3.76. The first-order chi connectivity index (χ1) is 10.3. The van der Waals surface area contributed by atoms with Gasteiger partial charge in [0.2, 0.25) is 0 Å². The van der Waals surface area contributed by atoms with Crippen molar-refractivity contribution in [1.29, 1.82) is 0 Å². The van der Waals surface area contributed by atoms with Crippen molar-refractivity contribution >= 4 is 22.1 Å². The van der Waals surface area contributed by atoms with Crippen LogP contribution < -0.4 is 0 Å². The second kappa shape index (κ2) is 6.42. The molecule has 1 aromatic heterocycles. The lowest BCUT2D eigenvalue weighted by Gasteiger charge is -2.20. The van der Waals surface area contributed by atoms with Crippen LogP contribution in [0.1, 0.15) is 22.8 Å². The van der Waals surface area contributed by atoms with E-state index >= 15 is 0 Å². The third kappa shape index (κ3) is 3.17. The van der Waals surface area contributed by atoms with Crippen molar-refractivity contribution in [3.8, 4) is 0 Å². The Bertz CT molecular complexity index is 695. The molecule has 0 N–H and O–H groups in total. The van der Waals surface area contributed by atoms with E-state index in [0.717, 1.165) is 13.0 Å². The van der Waals surface area contributed by atoms with E-state index < -0.39 is 0 Å². The Balaban J connectivity index is 2.06. The van der Waals surface area contributed by atoms with Gasteiger partial charge in [0, 0.05) is 10.8 Å². The van der Waals surface area contributed by atoms with Crippen molar-refractivity contribution in [3.05, 3.63) is 70.4 Å². The number of hydrogen-bond donors (Lipinski definition) is 0. The lowest BCUT2D eigenvalue weighted by atomic mass is 9.89. The highest BCUT2D eigenvalue weighted by Crippen LogP contribution is 2.35. The van der Waals surface area contributed by atoms with Crippen LogP contribution in [0.2, 0.25) is 0 Å². The molecule has 2 heteroatoms. The zero-order valence-corrected chi connectivity index (χ0v) is 13.4. The van der Waals surface area contributed by atoms with Crippen LogP contribution in [0.25, 0.3) is 10.8 Å². The molecule has 0 saturated carbocycles. The maximum atomic E-state index is 2.29. The maximum absolute atomic E-state index is 2.29. The van der Waals surface area contributed by atoms with Gasteiger partial charge in [-0.25, -0.2) is 0 Å². The molecule has 0 bridgehead atoms. The quantitative estimate of drug-likeness (QED) is 0.641. The van der Waals surface area contributed by atoms with Gasteiger partial charge in [-0.2, -0.15) is 0 Å². The largest absolute Gasteiger partial charge is 0.309 e. The summed E-state index contributed by atoms with van der Waals surface area (Å²) in [6, 6.07) is 19.8. The number of fused-ring (bicyclic) bond motifs is 1. The van der Waals surface area contributed by atoms with E-state index in [-0.39, 0.29) is 0 Å². The molecule has 1 nitrogen and oxygen atoms in total. The van der Waals surface area contributed by atoms with E-state index in [9.17, 15) is 0 Å². The molecule has 0 radical (unpaired) electrons. The second-order valence-electron chi connectivity index (χ2n) is 5.73. The number of nitrogens with zero attached hydrogens (tertiary/aromatic N) is 1. The SMILES string of the molecule is CN(C)CC[C@@H](c1cccs1)c1cccc2ccccc12. The fraction of sp³-hybridized carbons (Fsp3) is 0.263. The predicted molar refractivity (Wildman–Crippen MR) is 93.3 cm³/mol. The van der Waals surface area contributed by atoms with Gasteiger partial charge in [-0.1, -0.05) is 48.5 Å². The van der Waals surface area contributed by atoms with Gasteiger partial charge >= 0.3 is 0 Å². The van der Waals surface area contributed by atoms with Crippen LogP contribution in [-0.4, -0.2) is 25.5 Å². The third-order valence-corrected chi connectivity index (χ3v) is 4.94. The molecule has 2 aromatic carbocycles. The zero-order valence-electron chi connectivity index (χ0n) is 12.6. The number of benzene rings is 2. The van der Waals surface area contributed by atoms with E-state index in [0.29, 0.717) is 5.92 Å². The highest BCUT2D eigenvalue weighted by atomic mass is 32.1. The van der Waals surface area contributed by atoms with Crippen molar-refractivity contribution in [2.24, 2.45) is 0 Å². The Morgan fingerprint density at radius 1 is 0.952 bits per heavy atom.